The zero-order chi connectivity index (χ0) is 12.7. The quantitative estimate of drug-likeness (QED) is 0.821. The lowest BCUT2D eigenvalue weighted by Gasteiger charge is -2.12. The Hall–Kier alpha value is -1.07. The van der Waals surface area contributed by atoms with Crippen molar-refractivity contribution in [2.75, 3.05) is 25.6 Å². The van der Waals surface area contributed by atoms with Crippen LogP contribution in [0.15, 0.2) is 22.7 Å². The first-order valence-electron chi connectivity index (χ1n) is 5.34. The van der Waals surface area contributed by atoms with Gasteiger partial charge in [-0.3, -0.25) is 4.79 Å². The molecule has 0 bridgehead atoms. The molecule has 0 aliphatic heterocycles. The molecule has 0 aliphatic rings. The minimum atomic E-state index is -0.268. The molecule has 0 heterocycles. The van der Waals surface area contributed by atoms with Gasteiger partial charge in [-0.15, -0.1) is 0 Å². The van der Waals surface area contributed by atoms with Gasteiger partial charge in [0, 0.05) is 22.8 Å². The summed E-state index contributed by atoms with van der Waals surface area (Å²) in [5.41, 5.74) is 1.86. The van der Waals surface area contributed by atoms with Gasteiger partial charge >= 0.3 is 5.97 Å². The fourth-order valence-corrected chi connectivity index (χ4v) is 1.88. The normalized spacial score (nSPS) is 10.1. The minimum Gasteiger partial charge on any atom is -0.465 e. The second kappa shape index (κ2) is 7.29. The van der Waals surface area contributed by atoms with Crippen LogP contribution in [-0.2, 0) is 20.9 Å². The molecule has 0 atom stereocenters. The van der Waals surface area contributed by atoms with E-state index in [2.05, 4.69) is 21.2 Å². The smallest absolute Gasteiger partial charge is 0.325 e. The number of hydrogen-bond donors (Lipinski definition) is 1. The Balaban J connectivity index is 2.69. The topological polar surface area (TPSA) is 47.6 Å². The van der Waals surface area contributed by atoms with Crippen molar-refractivity contribution in [3.05, 3.63) is 28.2 Å². The summed E-state index contributed by atoms with van der Waals surface area (Å²) in [6, 6.07) is 5.74. The zero-order valence-electron chi connectivity index (χ0n) is 9.96. The monoisotopic (exact) mass is 301 g/mol. The van der Waals surface area contributed by atoms with Gasteiger partial charge in [0.05, 0.1) is 13.2 Å². The Morgan fingerprint density at radius 3 is 2.88 bits per heavy atom. The summed E-state index contributed by atoms with van der Waals surface area (Å²) in [6.45, 7) is 2.81. The Labute approximate surface area is 109 Å². The predicted octanol–water partition coefficient (Wildman–Crippen LogP) is 2.57. The second-order valence-electron chi connectivity index (χ2n) is 3.36. The maximum absolute atomic E-state index is 11.2. The zero-order valence-corrected chi connectivity index (χ0v) is 11.5. The number of carbonyl (C=O) groups is 1. The maximum Gasteiger partial charge on any atom is 0.325 e. The van der Waals surface area contributed by atoms with Crippen LogP contribution < -0.4 is 5.32 Å². The average molecular weight is 302 g/mol. The van der Waals surface area contributed by atoms with Crippen molar-refractivity contribution in [2.45, 2.75) is 13.5 Å². The number of anilines is 1. The first kappa shape index (κ1) is 14.0. The van der Waals surface area contributed by atoms with Crippen LogP contribution in [0.4, 0.5) is 5.69 Å². The van der Waals surface area contributed by atoms with Crippen molar-refractivity contribution in [1.29, 1.82) is 0 Å². The van der Waals surface area contributed by atoms with E-state index in [1.807, 2.05) is 18.2 Å². The molecule has 0 aliphatic carbocycles. The Morgan fingerprint density at radius 2 is 2.24 bits per heavy atom. The van der Waals surface area contributed by atoms with Gasteiger partial charge in [0.15, 0.2) is 0 Å². The van der Waals surface area contributed by atoms with Gasteiger partial charge < -0.3 is 14.8 Å². The number of nitrogens with one attached hydrogen (secondary N) is 1. The molecule has 0 aromatic heterocycles. The molecule has 1 N–H and O–H groups in total. The summed E-state index contributed by atoms with van der Waals surface area (Å²) >= 11 is 3.45. The molecule has 4 nitrogen and oxygen atoms in total. The first-order valence-corrected chi connectivity index (χ1v) is 6.14. The average Bonchev–Trinajstić information content (AvgIpc) is 2.30. The number of halogens is 1. The highest BCUT2D eigenvalue weighted by molar-refractivity contribution is 9.10. The van der Waals surface area contributed by atoms with Crippen molar-refractivity contribution in [3.8, 4) is 0 Å². The van der Waals surface area contributed by atoms with Crippen LogP contribution in [0.2, 0.25) is 0 Å². The van der Waals surface area contributed by atoms with Crippen molar-refractivity contribution in [2.24, 2.45) is 0 Å². The Morgan fingerprint density at radius 1 is 1.47 bits per heavy atom. The molecule has 0 saturated heterocycles. The largest absolute Gasteiger partial charge is 0.465 e. The number of hydrogen-bond acceptors (Lipinski definition) is 4. The van der Waals surface area contributed by atoms with Crippen LogP contribution in [0, 0.1) is 0 Å². The standard InChI is InChI=1S/C12H16BrNO3/c1-3-17-12(15)7-14-11-6-4-5-10(13)9(11)8-16-2/h4-6,14H,3,7-8H2,1-2H3. The molecule has 0 saturated carbocycles. The molecule has 5 heteroatoms. The van der Waals surface area contributed by atoms with Crippen LogP contribution in [-0.4, -0.2) is 26.2 Å². The molecule has 0 spiro atoms. The van der Waals surface area contributed by atoms with Crippen molar-refractivity contribution >= 4 is 27.6 Å². The molecule has 0 amide bonds. The van der Waals surface area contributed by atoms with E-state index >= 15 is 0 Å². The minimum absolute atomic E-state index is 0.154. The first-order chi connectivity index (χ1) is 8.19. The molecule has 1 aromatic rings. The Kier molecular flexibility index (Phi) is 6.00. The van der Waals surface area contributed by atoms with Crippen molar-refractivity contribution in [1.82, 2.24) is 0 Å². The van der Waals surface area contributed by atoms with Gasteiger partial charge in [0.2, 0.25) is 0 Å². The Bertz CT molecular complexity index is 382. The van der Waals surface area contributed by atoms with E-state index in [0.717, 1.165) is 15.7 Å². The van der Waals surface area contributed by atoms with Gasteiger partial charge in [-0.2, -0.15) is 0 Å². The molecule has 1 aromatic carbocycles. The summed E-state index contributed by atoms with van der Waals surface area (Å²) in [7, 11) is 1.63. The number of ether oxygens (including phenoxy) is 2. The van der Waals surface area contributed by atoms with Crippen LogP contribution in [0.1, 0.15) is 12.5 Å². The molecule has 17 heavy (non-hydrogen) atoms. The number of carbonyl (C=O) groups excluding carboxylic acids is 1. The lowest BCUT2D eigenvalue weighted by Crippen LogP contribution is -2.17. The van der Waals surface area contributed by atoms with E-state index in [-0.39, 0.29) is 12.5 Å². The van der Waals surface area contributed by atoms with Gasteiger partial charge in [-0.1, -0.05) is 22.0 Å². The number of methoxy groups -OCH3 is 1. The van der Waals surface area contributed by atoms with Crippen LogP contribution in [0.3, 0.4) is 0 Å². The van der Waals surface area contributed by atoms with Crippen LogP contribution >= 0.6 is 15.9 Å². The number of esters is 1. The maximum atomic E-state index is 11.2. The predicted molar refractivity (Wildman–Crippen MR) is 70.0 cm³/mol. The molecular formula is C12H16BrNO3. The summed E-state index contributed by atoms with van der Waals surface area (Å²) < 4.78 is 10.9. The third kappa shape index (κ3) is 4.36. The van der Waals surface area contributed by atoms with Crippen molar-refractivity contribution < 1.29 is 14.3 Å². The van der Waals surface area contributed by atoms with E-state index in [0.29, 0.717) is 13.2 Å². The summed E-state index contributed by atoms with van der Waals surface area (Å²) in [5, 5.41) is 3.04. The highest BCUT2D eigenvalue weighted by Crippen LogP contribution is 2.25. The van der Waals surface area contributed by atoms with Gasteiger partial charge in [0.25, 0.3) is 0 Å². The molecule has 0 fully saturated rings. The van der Waals surface area contributed by atoms with E-state index in [9.17, 15) is 4.79 Å². The third-order valence-electron chi connectivity index (χ3n) is 2.14. The van der Waals surface area contributed by atoms with E-state index in [1.54, 1.807) is 14.0 Å². The molecular weight excluding hydrogens is 286 g/mol. The summed E-state index contributed by atoms with van der Waals surface area (Å²) in [4.78, 5) is 11.2. The summed E-state index contributed by atoms with van der Waals surface area (Å²) in [6.07, 6.45) is 0. The van der Waals surface area contributed by atoms with E-state index in [1.165, 1.54) is 0 Å². The van der Waals surface area contributed by atoms with E-state index in [4.69, 9.17) is 9.47 Å². The lowest BCUT2D eigenvalue weighted by molar-refractivity contribution is -0.140. The van der Waals surface area contributed by atoms with Gasteiger partial charge in [-0.05, 0) is 19.1 Å². The van der Waals surface area contributed by atoms with Gasteiger partial charge in [-0.25, -0.2) is 0 Å². The van der Waals surface area contributed by atoms with Crippen LogP contribution in [0.25, 0.3) is 0 Å². The van der Waals surface area contributed by atoms with Crippen molar-refractivity contribution in [3.63, 3.8) is 0 Å². The molecule has 94 valence electrons. The SMILES string of the molecule is CCOC(=O)CNc1cccc(Br)c1COC. The van der Waals surface area contributed by atoms with Crippen LogP contribution in [0.5, 0.6) is 0 Å². The third-order valence-corrected chi connectivity index (χ3v) is 2.88. The second-order valence-corrected chi connectivity index (χ2v) is 4.21. The molecule has 0 radical (unpaired) electrons. The fourth-order valence-electron chi connectivity index (χ4n) is 1.39. The summed E-state index contributed by atoms with van der Waals surface area (Å²) in [5.74, 6) is -0.268. The number of rotatable bonds is 6. The highest BCUT2D eigenvalue weighted by Gasteiger charge is 2.08. The van der Waals surface area contributed by atoms with Gasteiger partial charge in [0.1, 0.15) is 6.54 Å². The lowest BCUT2D eigenvalue weighted by atomic mass is 10.2. The van der Waals surface area contributed by atoms with E-state index < -0.39 is 0 Å². The molecule has 1 rings (SSSR count). The fraction of sp³-hybridized carbons (Fsp3) is 0.417. The highest BCUT2D eigenvalue weighted by atomic mass is 79.9. The molecule has 0 unspecified atom stereocenters. The number of benzene rings is 1.